The van der Waals surface area contributed by atoms with Crippen LogP contribution in [0.4, 0.5) is 27.6 Å². The molecule has 0 aliphatic heterocycles. The Labute approximate surface area is 85.9 Å². The van der Waals surface area contributed by atoms with Gasteiger partial charge < -0.3 is 5.73 Å². The average Bonchev–Trinajstić information content (AvgIpc) is 2.06. The number of nitrogens with zero attached hydrogens (tertiary/aromatic N) is 1. The van der Waals surface area contributed by atoms with Gasteiger partial charge in [-0.3, -0.25) is 0 Å². The topological polar surface area (TPSA) is 38.9 Å². The summed E-state index contributed by atoms with van der Waals surface area (Å²) in [5, 5.41) is -0.813. The van der Waals surface area contributed by atoms with Crippen LogP contribution in [0, 0.1) is 0 Å². The highest BCUT2D eigenvalue weighted by Crippen LogP contribution is 2.40. The molecule has 0 amide bonds. The Morgan fingerprint density at radius 2 is 1.87 bits per heavy atom. The van der Waals surface area contributed by atoms with E-state index in [1.165, 1.54) is 0 Å². The van der Waals surface area contributed by atoms with E-state index in [2.05, 4.69) is 4.98 Å². The molecule has 0 saturated heterocycles. The van der Waals surface area contributed by atoms with Gasteiger partial charge in [-0.25, -0.2) is 13.8 Å². The van der Waals surface area contributed by atoms with Crippen molar-refractivity contribution in [2.75, 3.05) is 5.73 Å². The van der Waals surface area contributed by atoms with Gasteiger partial charge in [0.2, 0.25) is 0 Å². The van der Waals surface area contributed by atoms with Crippen molar-refractivity contribution in [2.45, 2.75) is 12.6 Å². The number of anilines is 1. The lowest BCUT2D eigenvalue weighted by Crippen LogP contribution is -2.13. The summed E-state index contributed by atoms with van der Waals surface area (Å²) in [6, 6.07) is 0. The summed E-state index contributed by atoms with van der Waals surface area (Å²) in [6.07, 6.45) is -7.77. The second-order valence-electron chi connectivity index (χ2n) is 2.59. The molecule has 1 aromatic heterocycles. The van der Waals surface area contributed by atoms with Gasteiger partial charge in [0.25, 0.3) is 6.43 Å². The summed E-state index contributed by atoms with van der Waals surface area (Å²) in [7, 11) is 0. The molecule has 2 nitrogen and oxygen atoms in total. The fourth-order valence-corrected chi connectivity index (χ4v) is 1.17. The van der Waals surface area contributed by atoms with Gasteiger partial charge >= 0.3 is 6.18 Å². The van der Waals surface area contributed by atoms with Crippen LogP contribution in [0.25, 0.3) is 0 Å². The number of pyridine rings is 1. The molecule has 2 N–H and O–H groups in total. The number of aromatic nitrogens is 1. The third kappa shape index (κ3) is 2.28. The van der Waals surface area contributed by atoms with Crippen molar-refractivity contribution in [1.29, 1.82) is 0 Å². The first-order valence-electron chi connectivity index (χ1n) is 3.54. The Hall–Kier alpha value is -1.11. The summed E-state index contributed by atoms with van der Waals surface area (Å²) in [5.74, 6) is 0. The Morgan fingerprint density at radius 1 is 1.33 bits per heavy atom. The highest BCUT2D eigenvalue weighted by atomic mass is 35.5. The van der Waals surface area contributed by atoms with E-state index in [4.69, 9.17) is 17.3 Å². The summed E-state index contributed by atoms with van der Waals surface area (Å²) in [6.45, 7) is 0. The van der Waals surface area contributed by atoms with E-state index in [1.807, 2.05) is 0 Å². The fraction of sp³-hybridized carbons (Fsp3) is 0.286. The van der Waals surface area contributed by atoms with Crippen LogP contribution in [0.5, 0.6) is 0 Å². The maximum Gasteiger partial charge on any atom is 0.433 e. The predicted molar refractivity (Wildman–Crippen MR) is 43.6 cm³/mol. The minimum atomic E-state index is -4.98. The molecule has 0 radical (unpaired) electrons. The van der Waals surface area contributed by atoms with E-state index in [9.17, 15) is 22.0 Å². The quantitative estimate of drug-likeness (QED) is 0.773. The van der Waals surface area contributed by atoms with Crippen LogP contribution in [0.3, 0.4) is 0 Å². The molecule has 0 atom stereocenters. The van der Waals surface area contributed by atoms with E-state index >= 15 is 0 Å². The zero-order valence-corrected chi connectivity index (χ0v) is 7.70. The molecule has 1 heterocycles. The second-order valence-corrected chi connectivity index (χ2v) is 2.97. The first-order valence-corrected chi connectivity index (χ1v) is 3.92. The molecule has 8 heteroatoms. The summed E-state index contributed by atoms with van der Waals surface area (Å²) in [5.41, 5.74) is 1.56. The molecule has 0 aliphatic carbocycles. The van der Waals surface area contributed by atoms with Crippen LogP contribution in [0.2, 0.25) is 5.02 Å². The van der Waals surface area contributed by atoms with Crippen molar-refractivity contribution in [3.8, 4) is 0 Å². The number of nitrogen functional groups attached to an aromatic ring is 1. The lowest BCUT2D eigenvalue weighted by molar-refractivity contribution is -0.143. The van der Waals surface area contributed by atoms with Gasteiger partial charge in [-0.15, -0.1) is 0 Å². The van der Waals surface area contributed by atoms with Gasteiger partial charge in [0.05, 0.1) is 22.5 Å². The second kappa shape index (κ2) is 3.80. The molecule has 0 aromatic carbocycles. The zero-order chi connectivity index (χ0) is 11.8. The SMILES string of the molecule is Nc1cnc(C(F)(F)F)c(C(F)F)c1Cl. The Morgan fingerprint density at radius 3 is 2.27 bits per heavy atom. The van der Waals surface area contributed by atoms with Gasteiger partial charge in [0, 0.05) is 0 Å². The molecule has 0 unspecified atom stereocenters. The van der Waals surface area contributed by atoms with Gasteiger partial charge in [0.15, 0.2) is 5.69 Å². The number of hydrogen-bond donors (Lipinski definition) is 1. The molecule has 84 valence electrons. The predicted octanol–water partition coefficient (Wildman–Crippen LogP) is 3.27. The monoisotopic (exact) mass is 246 g/mol. The molecular formula is C7H4ClF5N2. The average molecular weight is 247 g/mol. The molecule has 1 aromatic rings. The van der Waals surface area contributed by atoms with Crippen LogP contribution in [-0.4, -0.2) is 4.98 Å². The van der Waals surface area contributed by atoms with E-state index < -0.39 is 34.6 Å². The molecule has 1 rings (SSSR count). The van der Waals surface area contributed by atoms with Crippen LogP contribution >= 0.6 is 11.6 Å². The van der Waals surface area contributed by atoms with Crippen LogP contribution in [0.15, 0.2) is 6.20 Å². The van der Waals surface area contributed by atoms with Crippen LogP contribution in [-0.2, 0) is 6.18 Å². The Kier molecular flexibility index (Phi) is 3.03. The third-order valence-electron chi connectivity index (χ3n) is 1.56. The Balaban J connectivity index is 3.47. The molecule has 0 spiro atoms. The van der Waals surface area contributed by atoms with Crippen LogP contribution < -0.4 is 5.73 Å². The van der Waals surface area contributed by atoms with Gasteiger partial charge in [-0.2, -0.15) is 13.2 Å². The highest BCUT2D eigenvalue weighted by Gasteiger charge is 2.39. The lowest BCUT2D eigenvalue weighted by atomic mass is 10.2. The van der Waals surface area contributed by atoms with Crippen molar-refractivity contribution in [1.82, 2.24) is 4.98 Å². The van der Waals surface area contributed by atoms with Gasteiger partial charge in [-0.05, 0) is 0 Å². The van der Waals surface area contributed by atoms with Crippen molar-refractivity contribution in [2.24, 2.45) is 0 Å². The standard InChI is InChI=1S/C7H4ClF5N2/c8-4-2(14)1-15-5(7(11,12)13)3(4)6(9)10/h1,6H,14H2. The summed E-state index contributed by atoms with van der Waals surface area (Å²) >= 11 is 5.25. The minimum Gasteiger partial charge on any atom is -0.396 e. The first kappa shape index (κ1) is 12.0. The fourth-order valence-electron chi connectivity index (χ4n) is 0.945. The molecule has 0 aliphatic rings. The van der Waals surface area contributed by atoms with Crippen molar-refractivity contribution in [3.63, 3.8) is 0 Å². The molecular weight excluding hydrogens is 243 g/mol. The van der Waals surface area contributed by atoms with E-state index in [-0.39, 0.29) is 0 Å². The maximum absolute atomic E-state index is 12.3. The first-order chi connectivity index (χ1) is 6.75. The normalized spacial score (nSPS) is 12.2. The number of hydrogen-bond acceptors (Lipinski definition) is 2. The third-order valence-corrected chi connectivity index (χ3v) is 1.99. The highest BCUT2D eigenvalue weighted by molar-refractivity contribution is 6.33. The van der Waals surface area contributed by atoms with Gasteiger partial charge in [-0.1, -0.05) is 11.6 Å². The molecule has 15 heavy (non-hydrogen) atoms. The largest absolute Gasteiger partial charge is 0.433 e. The zero-order valence-electron chi connectivity index (χ0n) is 6.95. The minimum absolute atomic E-state index is 0.417. The van der Waals surface area contributed by atoms with Crippen LogP contribution in [0.1, 0.15) is 17.7 Å². The molecule has 0 fully saturated rings. The number of rotatable bonds is 1. The summed E-state index contributed by atoms with van der Waals surface area (Å²) < 4.78 is 61.3. The molecule has 0 saturated carbocycles. The smallest absolute Gasteiger partial charge is 0.396 e. The van der Waals surface area contributed by atoms with Crippen molar-refractivity contribution < 1.29 is 22.0 Å². The number of nitrogens with two attached hydrogens (primary N) is 1. The maximum atomic E-state index is 12.3. The van der Waals surface area contributed by atoms with Crippen molar-refractivity contribution in [3.05, 3.63) is 22.5 Å². The van der Waals surface area contributed by atoms with E-state index in [1.54, 1.807) is 0 Å². The van der Waals surface area contributed by atoms with Gasteiger partial charge in [0.1, 0.15) is 0 Å². The Bertz CT molecular complexity index is 376. The number of halogens is 6. The van der Waals surface area contributed by atoms with E-state index in [0.717, 1.165) is 0 Å². The lowest BCUT2D eigenvalue weighted by Gasteiger charge is -2.13. The summed E-state index contributed by atoms with van der Waals surface area (Å²) in [4.78, 5) is 2.82. The number of alkyl halides is 5. The van der Waals surface area contributed by atoms with Crippen molar-refractivity contribution >= 4 is 17.3 Å². The molecule has 0 bridgehead atoms. The van der Waals surface area contributed by atoms with E-state index in [0.29, 0.717) is 6.20 Å².